The highest BCUT2D eigenvalue weighted by Gasteiger charge is 2.15. The van der Waals surface area contributed by atoms with Gasteiger partial charge in [0.15, 0.2) is 0 Å². The Kier molecular flexibility index (Phi) is 3.24. The van der Waals surface area contributed by atoms with Crippen LogP contribution in [0.3, 0.4) is 0 Å². The first-order valence-corrected chi connectivity index (χ1v) is 6.76. The Morgan fingerprint density at radius 1 is 0.571 bits per heavy atom. The van der Waals surface area contributed by atoms with Crippen LogP contribution in [0.15, 0.2) is 66.7 Å². The van der Waals surface area contributed by atoms with Crippen LogP contribution in [-0.2, 0) is 0 Å². The molecule has 3 aromatic rings. The smallest absolute Gasteiger partial charge is 0.0648 e. The van der Waals surface area contributed by atoms with Gasteiger partial charge in [0.05, 0.1) is 11.4 Å². The minimum atomic E-state index is 0.526. The molecule has 0 aliphatic rings. The second-order valence-electron chi connectivity index (χ2n) is 4.95. The molecule has 0 atom stereocenters. The van der Waals surface area contributed by atoms with Crippen molar-refractivity contribution in [2.24, 2.45) is 0 Å². The maximum absolute atomic E-state index is 6.38. The van der Waals surface area contributed by atoms with Gasteiger partial charge in [0.1, 0.15) is 0 Å². The molecular weight excluding hydrogens is 258 g/mol. The third-order valence-corrected chi connectivity index (χ3v) is 3.59. The van der Waals surface area contributed by atoms with Crippen LogP contribution in [0.2, 0.25) is 0 Å². The summed E-state index contributed by atoms with van der Waals surface area (Å²) in [5.41, 5.74) is 24.0. The Balaban J connectivity index is 2.29. The van der Waals surface area contributed by atoms with Crippen molar-refractivity contribution in [3.63, 3.8) is 0 Å². The standard InChI is InChI=1S/C18H17N3/c19-15-11-14(12-7-3-1-4-8-12)17(20)16(18(15)21)13-9-5-2-6-10-13/h1-11H,19-21H2. The Morgan fingerprint density at radius 2 is 1.10 bits per heavy atom. The zero-order valence-corrected chi connectivity index (χ0v) is 11.6. The van der Waals surface area contributed by atoms with Crippen molar-refractivity contribution < 1.29 is 0 Å². The van der Waals surface area contributed by atoms with Crippen molar-refractivity contribution in [3.8, 4) is 22.3 Å². The summed E-state index contributed by atoms with van der Waals surface area (Å²) >= 11 is 0. The van der Waals surface area contributed by atoms with Crippen LogP contribution in [0.25, 0.3) is 22.3 Å². The third-order valence-electron chi connectivity index (χ3n) is 3.59. The number of benzene rings is 3. The molecule has 0 spiro atoms. The van der Waals surface area contributed by atoms with Gasteiger partial charge in [-0.2, -0.15) is 0 Å². The second kappa shape index (κ2) is 5.21. The SMILES string of the molecule is Nc1cc(-c2ccccc2)c(N)c(-c2ccccc2)c1N. The number of nitrogen functional groups attached to an aromatic ring is 3. The van der Waals surface area contributed by atoms with Crippen LogP contribution in [0, 0.1) is 0 Å². The predicted molar refractivity (Wildman–Crippen MR) is 90.6 cm³/mol. The Morgan fingerprint density at radius 3 is 1.67 bits per heavy atom. The molecular formula is C18H17N3. The van der Waals surface area contributed by atoms with Crippen LogP contribution >= 0.6 is 0 Å². The molecule has 0 unspecified atom stereocenters. The van der Waals surface area contributed by atoms with Crippen molar-refractivity contribution in [3.05, 3.63) is 66.7 Å². The quantitative estimate of drug-likeness (QED) is 0.623. The molecule has 0 amide bonds. The average Bonchev–Trinajstić information content (AvgIpc) is 2.53. The van der Waals surface area contributed by atoms with E-state index in [-0.39, 0.29) is 0 Å². The lowest BCUT2D eigenvalue weighted by molar-refractivity contribution is 1.57. The molecule has 0 aromatic heterocycles. The zero-order chi connectivity index (χ0) is 14.8. The molecule has 0 radical (unpaired) electrons. The average molecular weight is 275 g/mol. The summed E-state index contributed by atoms with van der Waals surface area (Å²) in [5.74, 6) is 0. The Labute approximate surface area is 124 Å². The molecule has 104 valence electrons. The van der Waals surface area contributed by atoms with Crippen molar-refractivity contribution in [1.82, 2.24) is 0 Å². The molecule has 3 nitrogen and oxygen atoms in total. The summed E-state index contributed by atoms with van der Waals surface area (Å²) in [6.07, 6.45) is 0. The van der Waals surface area contributed by atoms with Crippen LogP contribution in [0.4, 0.5) is 17.1 Å². The van der Waals surface area contributed by atoms with E-state index in [4.69, 9.17) is 17.2 Å². The molecule has 0 aliphatic heterocycles. The number of anilines is 3. The molecule has 0 fully saturated rings. The van der Waals surface area contributed by atoms with Gasteiger partial charge in [-0.15, -0.1) is 0 Å². The lowest BCUT2D eigenvalue weighted by atomic mass is 9.94. The van der Waals surface area contributed by atoms with Gasteiger partial charge in [-0.25, -0.2) is 0 Å². The molecule has 0 bridgehead atoms. The molecule has 3 heteroatoms. The summed E-state index contributed by atoms with van der Waals surface area (Å²) in [5, 5.41) is 0. The van der Waals surface area contributed by atoms with Crippen LogP contribution in [0.1, 0.15) is 0 Å². The van der Waals surface area contributed by atoms with E-state index in [0.29, 0.717) is 17.1 Å². The summed E-state index contributed by atoms with van der Waals surface area (Å²) in [6, 6.07) is 21.6. The third kappa shape index (κ3) is 2.30. The maximum atomic E-state index is 6.38. The Bertz CT molecular complexity index is 765. The highest BCUT2D eigenvalue weighted by Crippen LogP contribution is 2.42. The second-order valence-corrected chi connectivity index (χ2v) is 4.95. The molecule has 0 saturated carbocycles. The first-order valence-electron chi connectivity index (χ1n) is 6.76. The normalized spacial score (nSPS) is 10.5. The van der Waals surface area contributed by atoms with Gasteiger partial charge in [0.2, 0.25) is 0 Å². The fourth-order valence-corrected chi connectivity index (χ4v) is 2.51. The number of hydrogen-bond acceptors (Lipinski definition) is 3. The molecule has 0 saturated heterocycles. The van der Waals surface area contributed by atoms with E-state index < -0.39 is 0 Å². The summed E-state index contributed by atoms with van der Waals surface area (Å²) in [6.45, 7) is 0. The number of rotatable bonds is 2. The Hall–Kier alpha value is -2.94. The topological polar surface area (TPSA) is 78.1 Å². The van der Waals surface area contributed by atoms with E-state index in [1.54, 1.807) is 0 Å². The van der Waals surface area contributed by atoms with Gasteiger partial charge in [-0.1, -0.05) is 60.7 Å². The van der Waals surface area contributed by atoms with E-state index >= 15 is 0 Å². The van der Waals surface area contributed by atoms with Crippen molar-refractivity contribution in [2.75, 3.05) is 17.2 Å². The van der Waals surface area contributed by atoms with Crippen LogP contribution in [0.5, 0.6) is 0 Å². The molecule has 21 heavy (non-hydrogen) atoms. The van der Waals surface area contributed by atoms with E-state index in [2.05, 4.69) is 0 Å². The fourth-order valence-electron chi connectivity index (χ4n) is 2.51. The minimum absolute atomic E-state index is 0.526. The molecule has 0 heterocycles. The van der Waals surface area contributed by atoms with Crippen molar-refractivity contribution >= 4 is 17.1 Å². The van der Waals surface area contributed by atoms with Gasteiger partial charge in [-0.3, -0.25) is 0 Å². The summed E-state index contributed by atoms with van der Waals surface area (Å²) in [7, 11) is 0. The largest absolute Gasteiger partial charge is 0.398 e. The van der Waals surface area contributed by atoms with E-state index in [1.807, 2.05) is 66.7 Å². The van der Waals surface area contributed by atoms with E-state index in [1.165, 1.54) is 0 Å². The summed E-state index contributed by atoms with van der Waals surface area (Å²) < 4.78 is 0. The predicted octanol–water partition coefficient (Wildman–Crippen LogP) is 3.77. The fraction of sp³-hybridized carbons (Fsp3) is 0. The van der Waals surface area contributed by atoms with E-state index in [0.717, 1.165) is 22.3 Å². The van der Waals surface area contributed by atoms with Gasteiger partial charge in [0.25, 0.3) is 0 Å². The molecule has 3 aromatic carbocycles. The summed E-state index contributed by atoms with van der Waals surface area (Å²) in [4.78, 5) is 0. The lowest BCUT2D eigenvalue weighted by Gasteiger charge is -2.16. The van der Waals surface area contributed by atoms with Crippen LogP contribution < -0.4 is 17.2 Å². The number of hydrogen-bond donors (Lipinski definition) is 3. The molecule has 3 rings (SSSR count). The monoisotopic (exact) mass is 275 g/mol. The van der Waals surface area contributed by atoms with Crippen LogP contribution in [-0.4, -0.2) is 0 Å². The van der Waals surface area contributed by atoms with Crippen molar-refractivity contribution in [2.45, 2.75) is 0 Å². The highest BCUT2D eigenvalue weighted by atomic mass is 14.7. The maximum Gasteiger partial charge on any atom is 0.0648 e. The highest BCUT2D eigenvalue weighted by molar-refractivity contribution is 6.00. The molecule has 6 N–H and O–H groups in total. The van der Waals surface area contributed by atoms with Crippen molar-refractivity contribution in [1.29, 1.82) is 0 Å². The lowest BCUT2D eigenvalue weighted by Crippen LogP contribution is -2.03. The first-order chi connectivity index (χ1) is 10.2. The van der Waals surface area contributed by atoms with Gasteiger partial charge in [-0.05, 0) is 17.2 Å². The first kappa shape index (κ1) is 13.1. The van der Waals surface area contributed by atoms with Gasteiger partial charge >= 0.3 is 0 Å². The van der Waals surface area contributed by atoms with Gasteiger partial charge in [0, 0.05) is 16.8 Å². The van der Waals surface area contributed by atoms with E-state index in [9.17, 15) is 0 Å². The molecule has 0 aliphatic carbocycles. The minimum Gasteiger partial charge on any atom is -0.398 e. The zero-order valence-electron chi connectivity index (χ0n) is 11.6. The number of nitrogens with two attached hydrogens (primary N) is 3. The van der Waals surface area contributed by atoms with Gasteiger partial charge < -0.3 is 17.2 Å².